The Balaban J connectivity index is 1.58. The zero-order valence-electron chi connectivity index (χ0n) is 14.6. The first-order valence-corrected chi connectivity index (χ1v) is 9.05. The van der Waals surface area contributed by atoms with Crippen molar-refractivity contribution in [2.45, 2.75) is 13.5 Å². The van der Waals surface area contributed by atoms with Crippen LogP contribution in [0.25, 0.3) is 11.3 Å². The van der Waals surface area contributed by atoms with Gasteiger partial charge in [-0.25, -0.2) is 14.2 Å². The molecule has 0 aliphatic rings. The number of nitrogens with zero attached hydrogens (tertiary/aromatic N) is 1. The number of hydrogen-bond donors (Lipinski definition) is 1. The zero-order chi connectivity index (χ0) is 19.2. The first kappa shape index (κ1) is 18.7. The van der Waals surface area contributed by atoms with E-state index in [0.29, 0.717) is 10.6 Å². The monoisotopic (exact) mass is 384 g/mol. The van der Waals surface area contributed by atoms with Gasteiger partial charge in [-0.15, -0.1) is 11.3 Å². The van der Waals surface area contributed by atoms with E-state index < -0.39 is 18.5 Å². The number of aryl methyl sites for hydroxylation is 1. The number of aromatic nitrogens is 1. The standard InChI is InChI=1S/C20H17FN2O3S/c1-13-23-18(15-5-3-2-4-6-15)19(27-13)20(25)26-12-17(24)22-11-14-7-9-16(21)10-8-14/h2-10H,11-12H2,1H3,(H,22,24). The number of halogens is 1. The number of amides is 1. The van der Waals surface area contributed by atoms with Crippen LogP contribution < -0.4 is 5.32 Å². The molecule has 0 bridgehead atoms. The van der Waals surface area contributed by atoms with Crippen molar-refractivity contribution in [1.29, 1.82) is 0 Å². The quantitative estimate of drug-likeness (QED) is 0.658. The normalized spacial score (nSPS) is 10.4. The first-order chi connectivity index (χ1) is 13.0. The lowest BCUT2D eigenvalue weighted by Gasteiger charge is -2.07. The maximum Gasteiger partial charge on any atom is 0.351 e. The van der Waals surface area contributed by atoms with E-state index in [0.717, 1.165) is 16.1 Å². The molecular formula is C20H17FN2O3S. The third-order valence-electron chi connectivity index (χ3n) is 3.70. The van der Waals surface area contributed by atoms with Crippen molar-refractivity contribution in [3.63, 3.8) is 0 Å². The zero-order valence-corrected chi connectivity index (χ0v) is 15.4. The summed E-state index contributed by atoms with van der Waals surface area (Å²) in [7, 11) is 0. The molecular weight excluding hydrogens is 367 g/mol. The van der Waals surface area contributed by atoms with Crippen LogP contribution in [0.2, 0.25) is 0 Å². The molecule has 1 amide bonds. The van der Waals surface area contributed by atoms with Crippen LogP contribution in [0, 0.1) is 12.7 Å². The molecule has 0 unspecified atom stereocenters. The lowest BCUT2D eigenvalue weighted by atomic mass is 10.1. The highest BCUT2D eigenvalue weighted by atomic mass is 32.1. The average Bonchev–Trinajstić information content (AvgIpc) is 3.08. The molecule has 1 heterocycles. The summed E-state index contributed by atoms with van der Waals surface area (Å²) in [6.45, 7) is 1.64. The summed E-state index contributed by atoms with van der Waals surface area (Å²) in [5.74, 6) is -1.36. The number of hydrogen-bond acceptors (Lipinski definition) is 5. The van der Waals surface area contributed by atoms with E-state index in [1.54, 1.807) is 12.1 Å². The molecule has 0 aliphatic carbocycles. The van der Waals surface area contributed by atoms with Gasteiger partial charge in [0, 0.05) is 12.1 Å². The van der Waals surface area contributed by atoms with Crippen LogP contribution in [-0.2, 0) is 16.1 Å². The largest absolute Gasteiger partial charge is 0.451 e. The maximum atomic E-state index is 12.9. The number of nitrogens with one attached hydrogen (secondary N) is 1. The summed E-state index contributed by atoms with van der Waals surface area (Å²) in [6, 6.07) is 15.1. The van der Waals surface area contributed by atoms with Gasteiger partial charge in [0.15, 0.2) is 6.61 Å². The predicted octanol–water partition coefficient (Wildman–Crippen LogP) is 3.73. The Bertz CT molecular complexity index is 940. The molecule has 1 aromatic heterocycles. The second-order valence-electron chi connectivity index (χ2n) is 5.76. The fraction of sp³-hybridized carbons (Fsp3) is 0.150. The second-order valence-corrected chi connectivity index (χ2v) is 6.96. The van der Waals surface area contributed by atoms with Crippen LogP contribution in [0.4, 0.5) is 4.39 Å². The van der Waals surface area contributed by atoms with Crippen molar-refractivity contribution in [2.24, 2.45) is 0 Å². The fourth-order valence-corrected chi connectivity index (χ4v) is 3.24. The van der Waals surface area contributed by atoms with Crippen molar-refractivity contribution in [3.8, 4) is 11.3 Å². The average molecular weight is 384 g/mol. The molecule has 2 aromatic carbocycles. The van der Waals surface area contributed by atoms with Crippen molar-refractivity contribution in [1.82, 2.24) is 10.3 Å². The summed E-state index contributed by atoms with van der Waals surface area (Å²) < 4.78 is 18.0. The number of ether oxygens (including phenoxy) is 1. The van der Waals surface area contributed by atoms with Crippen molar-refractivity contribution in [2.75, 3.05) is 6.61 Å². The Morgan fingerprint density at radius 1 is 1.11 bits per heavy atom. The van der Waals surface area contributed by atoms with Gasteiger partial charge in [0.1, 0.15) is 10.7 Å². The Labute approximate surface area is 159 Å². The van der Waals surface area contributed by atoms with Gasteiger partial charge in [-0.05, 0) is 24.6 Å². The Hall–Kier alpha value is -3.06. The minimum Gasteiger partial charge on any atom is -0.451 e. The molecule has 0 saturated carbocycles. The lowest BCUT2D eigenvalue weighted by molar-refractivity contribution is -0.124. The molecule has 3 rings (SSSR count). The minimum atomic E-state index is -0.587. The Morgan fingerprint density at radius 2 is 1.81 bits per heavy atom. The van der Waals surface area contributed by atoms with Gasteiger partial charge in [0.05, 0.1) is 10.7 Å². The molecule has 27 heavy (non-hydrogen) atoms. The van der Waals surface area contributed by atoms with Gasteiger partial charge in [-0.1, -0.05) is 42.5 Å². The van der Waals surface area contributed by atoms with Crippen LogP contribution in [0.5, 0.6) is 0 Å². The van der Waals surface area contributed by atoms with Crippen LogP contribution >= 0.6 is 11.3 Å². The summed E-state index contributed by atoms with van der Waals surface area (Å²) >= 11 is 1.23. The first-order valence-electron chi connectivity index (χ1n) is 8.24. The van der Waals surface area contributed by atoms with Crippen LogP contribution in [0.1, 0.15) is 20.2 Å². The Kier molecular flexibility index (Phi) is 5.93. The number of benzene rings is 2. The van der Waals surface area contributed by atoms with E-state index in [1.165, 1.54) is 23.5 Å². The predicted molar refractivity (Wildman–Crippen MR) is 101 cm³/mol. The van der Waals surface area contributed by atoms with Crippen molar-refractivity contribution < 1.29 is 18.7 Å². The van der Waals surface area contributed by atoms with Gasteiger partial charge in [0.2, 0.25) is 0 Å². The van der Waals surface area contributed by atoms with E-state index in [9.17, 15) is 14.0 Å². The fourth-order valence-electron chi connectivity index (χ4n) is 2.41. The van der Waals surface area contributed by atoms with Gasteiger partial charge in [0.25, 0.3) is 5.91 Å². The molecule has 0 spiro atoms. The Morgan fingerprint density at radius 3 is 2.52 bits per heavy atom. The lowest BCUT2D eigenvalue weighted by Crippen LogP contribution is -2.28. The van der Waals surface area contributed by atoms with E-state index in [1.807, 2.05) is 37.3 Å². The molecule has 7 heteroatoms. The molecule has 0 aliphatic heterocycles. The van der Waals surface area contributed by atoms with Crippen molar-refractivity contribution >= 4 is 23.2 Å². The van der Waals surface area contributed by atoms with E-state index in [-0.39, 0.29) is 12.4 Å². The third kappa shape index (κ3) is 4.98. The summed E-state index contributed by atoms with van der Waals surface area (Å²) in [5.41, 5.74) is 2.12. The van der Waals surface area contributed by atoms with Gasteiger partial charge in [-0.2, -0.15) is 0 Å². The summed E-state index contributed by atoms with van der Waals surface area (Å²) in [5, 5.41) is 3.36. The van der Waals surface area contributed by atoms with Crippen LogP contribution in [0.3, 0.4) is 0 Å². The van der Waals surface area contributed by atoms with E-state index >= 15 is 0 Å². The SMILES string of the molecule is Cc1nc(-c2ccccc2)c(C(=O)OCC(=O)NCc2ccc(F)cc2)s1. The molecule has 1 N–H and O–H groups in total. The third-order valence-corrected chi connectivity index (χ3v) is 4.65. The van der Waals surface area contributed by atoms with Gasteiger partial charge in [-0.3, -0.25) is 4.79 Å². The molecule has 0 saturated heterocycles. The molecule has 0 fully saturated rings. The van der Waals surface area contributed by atoms with Crippen LogP contribution in [0.15, 0.2) is 54.6 Å². The highest BCUT2D eigenvalue weighted by molar-refractivity contribution is 7.14. The van der Waals surface area contributed by atoms with Gasteiger partial charge >= 0.3 is 5.97 Å². The maximum absolute atomic E-state index is 12.9. The summed E-state index contributed by atoms with van der Waals surface area (Å²) in [4.78, 5) is 29.1. The molecule has 5 nitrogen and oxygen atoms in total. The second kappa shape index (κ2) is 8.55. The number of esters is 1. The van der Waals surface area contributed by atoms with Crippen molar-refractivity contribution in [3.05, 3.63) is 75.9 Å². The number of rotatable bonds is 6. The number of thiazole rings is 1. The smallest absolute Gasteiger partial charge is 0.351 e. The van der Waals surface area contributed by atoms with Gasteiger partial charge < -0.3 is 10.1 Å². The molecule has 0 radical (unpaired) electrons. The number of carbonyl (C=O) groups excluding carboxylic acids is 2. The number of carbonyl (C=O) groups is 2. The van der Waals surface area contributed by atoms with E-state index in [2.05, 4.69) is 10.3 Å². The highest BCUT2D eigenvalue weighted by Gasteiger charge is 2.20. The topological polar surface area (TPSA) is 68.3 Å². The van der Waals surface area contributed by atoms with E-state index in [4.69, 9.17) is 4.74 Å². The van der Waals surface area contributed by atoms with Crippen LogP contribution in [-0.4, -0.2) is 23.5 Å². The highest BCUT2D eigenvalue weighted by Crippen LogP contribution is 2.28. The molecule has 0 atom stereocenters. The summed E-state index contributed by atoms with van der Waals surface area (Å²) in [6.07, 6.45) is 0. The molecule has 138 valence electrons. The molecule has 3 aromatic rings. The minimum absolute atomic E-state index is 0.228.